The second-order valence-electron chi connectivity index (χ2n) is 6.72. The number of hydrogen-bond acceptors (Lipinski definition) is 1. The molecule has 1 fully saturated rings. The molecular weight excluding hydrogens is 285 g/mol. The largest absolute Gasteiger partial charge is 0.303 e. The fourth-order valence-electron chi connectivity index (χ4n) is 3.37. The molecule has 2 aromatic carbocycles. The molecule has 0 N–H and O–H groups in total. The second kappa shape index (κ2) is 7.74. The number of rotatable bonds is 5. The lowest BCUT2D eigenvalue weighted by Gasteiger charge is -2.27. The summed E-state index contributed by atoms with van der Waals surface area (Å²) < 4.78 is 13.0. The molecule has 0 bridgehead atoms. The van der Waals surface area contributed by atoms with E-state index in [1.54, 1.807) is 0 Å². The fraction of sp³-hybridized carbons (Fsp3) is 0.429. The number of likely N-dealkylation sites (tertiary alicyclic amines) is 1. The van der Waals surface area contributed by atoms with Crippen LogP contribution in [0.3, 0.4) is 0 Å². The minimum Gasteiger partial charge on any atom is -0.303 e. The van der Waals surface area contributed by atoms with Crippen molar-refractivity contribution in [2.45, 2.75) is 38.5 Å². The molecule has 23 heavy (non-hydrogen) atoms. The number of hydrogen-bond donors (Lipinski definition) is 0. The van der Waals surface area contributed by atoms with Gasteiger partial charge in [-0.3, -0.25) is 0 Å². The third-order valence-corrected chi connectivity index (χ3v) is 4.98. The van der Waals surface area contributed by atoms with E-state index in [4.69, 9.17) is 0 Å². The third kappa shape index (κ3) is 4.42. The van der Waals surface area contributed by atoms with Crippen LogP contribution in [-0.4, -0.2) is 24.5 Å². The Morgan fingerprint density at radius 3 is 2.04 bits per heavy atom. The molecule has 1 saturated heterocycles. The molecule has 0 amide bonds. The molecule has 2 aromatic rings. The predicted molar refractivity (Wildman–Crippen MR) is 95.2 cm³/mol. The summed E-state index contributed by atoms with van der Waals surface area (Å²) in [6.45, 7) is 6.07. The zero-order valence-corrected chi connectivity index (χ0v) is 14.0. The van der Waals surface area contributed by atoms with Crippen LogP contribution < -0.4 is 0 Å². The third-order valence-electron chi connectivity index (χ3n) is 4.98. The van der Waals surface area contributed by atoms with E-state index < -0.39 is 0 Å². The van der Waals surface area contributed by atoms with Crippen LogP contribution in [0.2, 0.25) is 0 Å². The van der Waals surface area contributed by atoms with Crippen molar-refractivity contribution < 1.29 is 4.39 Å². The summed E-state index contributed by atoms with van der Waals surface area (Å²) in [7, 11) is 0. The Kier molecular flexibility index (Phi) is 5.45. The number of halogens is 1. The highest BCUT2D eigenvalue weighted by Gasteiger charge is 2.12. The zero-order chi connectivity index (χ0) is 16.1. The van der Waals surface area contributed by atoms with Crippen molar-refractivity contribution in [2.75, 3.05) is 19.6 Å². The maximum absolute atomic E-state index is 13.0. The van der Waals surface area contributed by atoms with E-state index in [0.717, 1.165) is 11.1 Å². The van der Waals surface area contributed by atoms with Gasteiger partial charge in [0, 0.05) is 0 Å². The predicted octanol–water partition coefficient (Wildman–Crippen LogP) is 5.47. The standard InChI is InChI=1S/C21H26FN/c1-17(13-16-23-14-3-2-4-15-23)18-5-7-19(8-6-18)20-9-11-21(22)12-10-20/h5-12,17H,2-4,13-16H2,1H3. The normalized spacial score (nSPS) is 17.1. The Morgan fingerprint density at radius 2 is 1.43 bits per heavy atom. The van der Waals surface area contributed by atoms with Gasteiger partial charge in [0.15, 0.2) is 0 Å². The average Bonchev–Trinajstić information content (AvgIpc) is 2.61. The number of nitrogens with zero attached hydrogens (tertiary/aromatic N) is 1. The van der Waals surface area contributed by atoms with Gasteiger partial charge in [-0.15, -0.1) is 0 Å². The van der Waals surface area contributed by atoms with Crippen LogP contribution >= 0.6 is 0 Å². The Hall–Kier alpha value is -1.67. The molecule has 1 unspecified atom stereocenters. The van der Waals surface area contributed by atoms with E-state index in [9.17, 15) is 4.39 Å². The van der Waals surface area contributed by atoms with Crippen LogP contribution in [0.5, 0.6) is 0 Å². The summed E-state index contributed by atoms with van der Waals surface area (Å²) in [4.78, 5) is 2.60. The van der Waals surface area contributed by atoms with Gasteiger partial charge in [0.05, 0.1) is 0 Å². The van der Waals surface area contributed by atoms with Gasteiger partial charge in [-0.1, -0.05) is 49.7 Å². The summed E-state index contributed by atoms with van der Waals surface area (Å²) in [5.41, 5.74) is 3.61. The van der Waals surface area contributed by atoms with E-state index in [1.807, 2.05) is 12.1 Å². The summed E-state index contributed by atoms with van der Waals surface area (Å²) >= 11 is 0. The number of benzene rings is 2. The molecule has 1 aliphatic rings. The smallest absolute Gasteiger partial charge is 0.123 e. The van der Waals surface area contributed by atoms with Crippen molar-refractivity contribution in [1.82, 2.24) is 4.90 Å². The van der Waals surface area contributed by atoms with E-state index >= 15 is 0 Å². The first kappa shape index (κ1) is 16.2. The van der Waals surface area contributed by atoms with Crippen LogP contribution in [0.1, 0.15) is 44.1 Å². The van der Waals surface area contributed by atoms with Gasteiger partial charge in [-0.2, -0.15) is 0 Å². The monoisotopic (exact) mass is 311 g/mol. The van der Waals surface area contributed by atoms with Gasteiger partial charge >= 0.3 is 0 Å². The van der Waals surface area contributed by atoms with E-state index in [1.165, 1.54) is 63.0 Å². The molecule has 3 rings (SSSR count). The maximum Gasteiger partial charge on any atom is 0.123 e. The lowest BCUT2D eigenvalue weighted by Crippen LogP contribution is -2.31. The summed E-state index contributed by atoms with van der Waals surface area (Å²) in [6.07, 6.45) is 5.34. The van der Waals surface area contributed by atoms with Gasteiger partial charge in [0.1, 0.15) is 5.82 Å². The molecule has 0 spiro atoms. The molecule has 1 atom stereocenters. The molecule has 0 aromatic heterocycles. The molecule has 0 saturated carbocycles. The zero-order valence-electron chi connectivity index (χ0n) is 14.0. The first-order valence-corrected chi connectivity index (χ1v) is 8.80. The van der Waals surface area contributed by atoms with Gasteiger partial charge in [-0.05, 0) is 73.6 Å². The van der Waals surface area contributed by atoms with Crippen molar-refractivity contribution in [3.05, 3.63) is 59.9 Å². The number of piperidine rings is 1. The lowest BCUT2D eigenvalue weighted by molar-refractivity contribution is 0.222. The SMILES string of the molecule is CC(CCN1CCCCC1)c1ccc(-c2ccc(F)cc2)cc1. The van der Waals surface area contributed by atoms with Crippen molar-refractivity contribution in [2.24, 2.45) is 0 Å². The molecule has 122 valence electrons. The Morgan fingerprint density at radius 1 is 0.870 bits per heavy atom. The molecule has 0 radical (unpaired) electrons. The minimum atomic E-state index is -0.184. The fourth-order valence-corrected chi connectivity index (χ4v) is 3.37. The first-order valence-electron chi connectivity index (χ1n) is 8.80. The van der Waals surface area contributed by atoms with Crippen molar-refractivity contribution in [3.63, 3.8) is 0 Å². The highest BCUT2D eigenvalue weighted by Crippen LogP contribution is 2.25. The van der Waals surface area contributed by atoms with Gasteiger partial charge < -0.3 is 4.90 Å². The molecule has 0 aliphatic carbocycles. The van der Waals surface area contributed by atoms with Crippen LogP contribution in [-0.2, 0) is 0 Å². The summed E-state index contributed by atoms with van der Waals surface area (Å²) in [6, 6.07) is 15.5. The summed E-state index contributed by atoms with van der Waals surface area (Å²) in [5.74, 6) is 0.399. The molecule has 1 aliphatic heterocycles. The minimum absolute atomic E-state index is 0.184. The Bertz CT molecular complexity index is 597. The van der Waals surface area contributed by atoms with Crippen LogP contribution in [0.25, 0.3) is 11.1 Å². The van der Waals surface area contributed by atoms with Crippen molar-refractivity contribution >= 4 is 0 Å². The highest BCUT2D eigenvalue weighted by atomic mass is 19.1. The first-order chi connectivity index (χ1) is 11.2. The van der Waals surface area contributed by atoms with Crippen LogP contribution in [0.4, 0.5) is 4.39 Å². The van der Waals surface area contributed by atoms with E-state index in [2.05, 4.69) is 36.1 Å². The van der Waals surface area contributed by atoms with Gasteiger partial charge in [-0.25, -0.2) is 4.39 Å². The Labute approximate surface area is 139 Å². The van der Waals surface area contributed by atoms with Crippen molar-refractivity contribution in [3.8, 4) is 11.1 Å². The topological polar surface area (TPSA) is 3.24 Å². The quantitative estimate of drug-likeness (QED) is 0.707. The van der Waals surface area contributed by atoms with Gasteiger partial charge in [0.25, 0.3) is 0 Å². The van der Waals surface area contributed by atoms with Crippen molar-refractivity contribution in [1.29, 1.82) is 0 Å². The maximum atomic E-state index is 13.0. The molecule has 1 heterocycles. The second-order valence-corrected chi connectivity index (χ2v) is 6.72. The highest BCUT2D eigenvalue weighted by molar-refractivity contribution is 5.63. The van der Waals surface area contributed by atoms with Crippen LogP contribution in [0, 0.1) is 5.82 Å². The van der Waals surface area contributed by atoms with Crippen LogP contribution in [0.15, 0.2) is 48.5 Å². The average molecular weight is 311 g/mol. The molecular formula is C21H26FN. The van der Waals surface area contributed by atoms with E-state index in [0.29, 0.717) is 5.92 Å². The molecule has 1 nitrogen and oxygen atoms in total. The van der Waals surface area contributed by atoms with Gasteiger partial charge in [0.2, 0.25) is 0 Å². The summed E-state index contributed by atoms with van der Waals surface area (Å²) in [5, 5.41) is 0. The lowest BCUT2D eigenvalue weighted by atomic mass is 9.95. The Balaban J connectivity index is 1.58. The molecule has 2 heteroatoms. The van der Waals surface area contributed by atoms with E-state index in [-0.39, 0.29) is 5.82 Å².